The van der Waals surface area contributed by atoms with Crippen molar-refractivity contribution in [3.8, 4) is 5.75 Å². The fourth-order valence-corrected chi connectivity index (χ4v) is 1.85. The smallest absolute Gasteiger partial charge is 0.338 e. The van der Waals surface area contributed by atoms with Gasteiger partial charge in [-0.3, -0.25) is 0 Å². The highest BCUT2D eigenvalue weighted by atomic mass is 16.6. The van der Waals surface area contributed by atoms with E-state index in [-0.39, 0.29) is 5.97 Å². The van der Waals surface area contributed by atoms with E-state index in [0.717, 1.165) is 11.3 Å². The lowest BCUT2D eigenvalue weighted by Crippen LogP contribution is -2.27. The summed E-state index contributed by atoms with van der Waals surface area (Å²) < 4.78 is 11.0. The van der Waals surface area contributed by atoms with Gasteiger partial charge < -0.3 is 9.47 Å². The van der Waals surface area contributed by atoms with Gasteiger partial charge in [-0.15, -0.1) is 0 Å². The van der Waals surface area contributed by atoms with Gasteiger partial charge in [0.05, 0.1) is 5.57 Å². The van der Waals surface area contributed by atoms with Gasteiger partial charge >= 0.3 is 5.97 Å². The molecule has 0 radical (unpaired) electrons. The van der Waals surface area contributed by atoms with Crippen molar-refractivity contribution in [3.05, 3.63) is 41.2 Å². The zero-order valence-corrected chi connectivity index (χ0v) is 11.2. The number of fused-ring (bicyclic) bond motifs is 1. The van der Waals surface area contributed by atoms with Crippen LogP contribution < -0.4 is 4.74 Å². The zero-order chi connectivity index (χ0) is 13.3. The number of carbonyl (C=O) groups excluding carboxylic acids is 1. The Morgan fingerprint density at radius 3 is 2.61 bits per heavy atom. The second kappa shape index (κ2) is 4.48. The minimum absolute atomic E-state index is 0.297. The number of carbonyl (C=O) groups is 1. The Bertz CT molecular complexity index is 507. The van der Waals surface area contributed by atoms with Crippen LogP contribution in [0.2, 0.25) is 0 Å². The number of allylic oxidation sites excluding steroid dienone is 1. The Hall–Kier alpha value is -1.77. The molecule has 0 saturated heterocycles. The molecule has 0 bridgehead atoms. The van der Waals surface area contributed by atoms with Gasteiger partial charge in [-0.25, -0.2) is 4.79 Å². The summed E-state index contributed by atoms with van der Waals surface area (Å²) >= 11 is 0. The molecule has 18 heavy (non-hydrogen) atoms. The first-order chi connectivity index (χ1) is 8.37. The Labute approximate surface area is 107 Å². The van der Waals surface area contributed by atoms with Crippen LogP contribution in [0.4, 0.5) is 0 Å². The molecule has 3 nitrogen and oxygen atoms in total. The first-order valence-electron chi connectivity index (χ1n) is 6.06. The van der Waals surface area contributed by atoms with Crippen molar-refractivity contribution in [1.29, 1.82) is 0 Å². The Balaban J connectivity index is 2.23. The van der Waals surface area contributed by atoms with Crippen molar-refractivity contribution in [2.24, 2.45) is 0 Å². The van der Waals surface area contributed by atoms with Crippen LogP contribution in [0.3, 0.4) is 0 Å². The van der Waals surface area contributed by atoms with Gasteiger partial charge in [0, 0.05) is 6.42 Å². The molecule has 1 aliphatic heterocycles. The summed E-state index contributed by atoms with van der Waals surface area (Å²) in [7, 11) is 0. The highest BCUT2D eigenvalue weighted by Gasteiger charge is 2.26. The predicted octanol–water partition coefficient (Wildman–Crippen LogP) is 3.24. The van der Waals surface area contributed by atoms with Crippen molar-refractivity contribution in [2.75, 3.05) is 0 Å². The van der Waals surface area contributed by atoms with Crippen LogP contribution in [0.25, 0.3) is 0 Å². The zero-order valence-electron chi connectivity index (χ0n) is 11.2. The number of ether oxygens (including phenoxy) is 2. The van der Waals surface area contributed by atoms with E-state index < -0.39 is 5.60 Å². The first kappa shape index (κ1) is 12.7. The van der Waals surface area contributed by atoms with Crippen LogP contribution in [-0.4, -0.2) is 11.6 Å². The maximum atomic E-state index is 12.1. The fraction of sp³-hybridized carbons (Fsp3) is 0.400. The van der Waals surface area contributed by atoms with E-state index in [4.69, 9.17) is 9.47 Å². The summed E-state index contributed by atoms with van der Waals surface area (Å²) in [6, 6.07) is 7.73. The molecule has 2 rings (SSSR count). The van der Waals surface area contributed by atoms with E-state index in [0.29, 0.717) is 17.8 Å². The van der Waals surface area contributed by atoms with E-state index in [2.05, 4.69) is 0 Å². The molecule has 1 aromatic carbocycles. The molecule has 96 valence electrons. The summed E-state index contributed by atoms with van der Waals surface area (Å²) in [5, 5.41) is 0. The van der Waals surface area contributed by atoms with Gasteiger partial charge in [0.15, 0.2) is 0 Å². The number of esters is 1. The molecule has 1 aliphatic rings. The van der Waals surface area contributed by atoms with Crippen molar-refractivity contribution in [2.45, 2.75) is 39.7 Å². The SMILES string of the molecule is CC1=C(C(=O)OC(C)(C)C)Cc2ccccc2O1. The molecular weight excluding hydrogens is 228 g/mol. The highest BCUT2D eigenvalue weighted by molar-refractivity contribution is 5.90. The third-order valence-electron chi connectivity index (χ3n) is 2.67. The molecule has 0 fully saturated rings. The molecule has 1 heterocycles. The number of para-hydroxylation sites is 1. The standard InChI is InChI=1S/C15H18O3/c1-10-12(14(16)18-15(2,3)4)9-11-7-5-6-8-13(11)17-10/h5-8H,9H2,1-4H3. The van der Waals surface area contributed by atoms with Crippen LogP contribution in [0.15, 0.2) is 35.6 Å². The van der Waals surface area contributed by atoms with Gasteiger partial charge in [-0.1, -0.05) is 18.2 Å². The largest absolute Gasteiger partial charge is 0.461 e. The number of hydrogen-bond acceptors (Lipinski definition) is 3. The fourth-order valence-electron chi connectivity index (χ4n) is 1.85. The van der Waals surface area contributed by atoms with Gasteiger partial charge in [-0.05, 0) is 39.3 Å². The minimum Gasteiger partial charge on any atom is -0.461 e. The van der Waals surface area contributed by atoms with Crippen LogP contribution in [0.1, 0.15) is 33.3 Å². The molecule has 0 spiro atoms. The summed E-state index contributed by atoms with van der Waals surface area (Å²) in [4.78, 5) is 12.1. The average Bonchev–Trinajstić information content (AvgIpc) is 2.25. The molecule has 0 saturated carbocycles. The van der Waals surface area contributed by atoms with Gasteiger partial charge in [0.2, 0.25) is 0 Å². The maximum absolute atomic E-state index is 12.1. The Morgan fingerprint density at radius 2 is 1.94 bits per heavy atom. The molecule has 0 aromatic heterocycles. The molecule has 3 heteroatoms. The number of benzene rings is 1. The molecule has 0 atom stereocenters. The van der Waals surface area contributed by atoms with Crippen LogP contribution in [-0.2, 0) is 16.0 Å². The summed E-state index contributed by atoms with van der Waals surface area (Å²) in [6.07, 6.45) is 0.566. The second-order valence-electron chi connectivity index (χ2n) is 5.42. The van der Waals surface area contributed by atoms with Gasteiger partial charge in [0.1, 0.15) is 17.1 Å². The molecule has 1 aromatic rings. The lowest BCUT2D eigenvalue weighted by Gasteiger charge is -2.24. The summed E-state index contributed by atoms with van der Waals surface area (Å²) in [5.74, 6) is 1.15. The molecular formula is C15H18O3. The molecule has 0 amide bonds. The van der Waals surface area contributed by atoms with Gasteiger partial charge in [-0.2, -0.15) is 0 Å². The van der Waals surface area contributed by atoms with Crippen molar-refractivity contribution < 1.29 is 14.3 Å². The second-order valence-corrected chi connectivity index (χ2v) is 5.42. The maximum Gasteiger partial charge on any atom is 0.338 e. The predicted molar refractivity (Wildman–Crippen MR) is 69.3 cm³/mol. The van der Waals surface area contributed by atoms with E-state index in [1.807, 2.05) is 45.0 Å². The normalized spacial score (nSPS) is 14.9. The molecule has 0 N–H and O–H groups in total. The molecule has 0 unspecified atom stereocenters. The monoisotopic (exact) mass is 246 g/mol. The molecule has 0 aliphatic carbocycles. The summed E-state index contributed by atoms with van der Waals surface area (Å²) in [5.41, 5.74) is 1.13. The van der Waals surface area contributed by atoms with E-state index >= 15 is 0 Å². The Kier molecular flexibility index (Phi) is 3.16. The lowest BCUT2D eigenvalue weighted by molar-refractivity contribution is -0.150. The number of hydrogen-bond donors (Lipinski definition) is 0. The topological polar surface area (TPSA) is 35.5 Å². The lowest BCUT2D eigenvalue weighted by atomic mass is 10.0. The third kappa shape index (κ3) is 2.73. The summed E-state index contributed by atoms with van der Waals surface area (Å²) in [6.45, 7) is 7.38. The number of rotatable bonds is 1. The van der Waals surface area contributed by atoms with Crippen molar-refractivity contribution >= 4 is 5.97 Å². The van der Waals surface area contributed by atoms with E-state index in [1.165, 1.54) is 0 Å². The van der Waals surface area contributed by atoms with Crippen LogP contribution in [0.5, 0.6) is 5.75 Å². The van der Waals surface area contributed by atoms with E-state index in [9.17, 15) is 4.79 Å². The average molecular weight is 246 g/mol. The van der Waals surface area contributed by atoms with Crippen molar-refractivity contribution in [3.63, 3.8) is 0 Å². The van der Waals surface area contributed by atoms with Gasteiger partial charge in [0.25, 0.3) is 0 Å². The third-order valence-corrected chi connectivity index (χ3v) is 2.67. The van der Waals surface area contributed by atoms with Crippen LogP contribution >= 0.6 is 0 Å². The first-order valence-corrected chi connectivity index (χ1v) is 6.06. The Morgan fingerprint density at radius 1 is 1.28 bits per heavy atom. The minimum atomic E-state index is -0.485. The highest BCUT2D eigenvalue weighted by Crippen LogP contribution is 2.30. The van der Waals surface area contributed by atoms with Crippen LogP contribution in [0, 0.1) is 0 Å². The van der Waals surface area contributed by atoms with Crippen molar-refractivity contribution in [1.82, 2.24) is 0 Å². The quantitative estimate of drug-likeness (QED) is 0.714. The van der Waals surface area contributed by atoms with E-state index in [1.54, 1.807) is 6.92 Å².